The van der Waals surface area contributed by atoms with Crippen LogP contribution in [-0.2, 0) is 11.2 Å². The Morgan fingerprint density at radius 3 is 2.40 bits per heavy atom. The number of quaternary nitrogens is 1. The Labute approximate surface area is 149 Å². The molecule has 2 aromatic carbocycles. The maximum absolute atomic E-state index is 12.4. The van der Waals surface area contributed by atoms with Crippen LogP contribution in [0, 0.1) is 0 Å². The number of hydrogen-bond acceptors (Lipinski definition) is 3. The van der Waals surface area contributed by atoms with E-state index >= 15 is 0 Å². The van der Waals surface area contributed by atoms with E-state index in [2.05, 4.69) is 5.32 Å². The van der Waals surface area contributed by atoms with Crippen molar-refractivity contribution in [3.63, 3.8) is 0 Å². The van der Waals surface area contributed by atoms with E-state index in [1.807, 2.05) is 62.5 Å². The molecule has 2 N–H and O–H groups in total. The summed E-state index contributed by atoms with van der Waals surface area (Å²) in [6.45, 7) is 2.79. The monoisotopic (exact) mass is 343 g/mol. The van der Waals surface area contributed by atoms with Crippen molar-refractivity contribution in [2.45, 2.75) is 19.4 Å². The standard InChI is InChI=1S/C20H26N2O3/c1-15(20(23)21-17-8-6-5-7-9-17)22(2)13-12-16-10-11-18(24-3)19(14-16)25-4/h5-11,14-15H,12-13H2,1-4H3,(H,21,23)/p+1/t15-/m1/s1. The SMILES string of the molecule is COc1ccc(CC[NH+](C)[C@H](C)C(=O)Nc2ccccc2)cc1OC. The number of carbonyl (C=O) groups is 1. The fourth-order valence-electron chi connectivity index (χ4n) is 2.59. The first-order valence-corrected chi connectivity index (χ1v) is 8.44. The van der Waals surface area contributed by atoms with Gasteiger partial charge in [-0.2, -0.15) is 0 Å². The van der Waals surface area contributed by atoms with E-state index in [0.717, 1.165) is 40.6 Å². The molecule has 2 rings (SSSR count). The third-order valence-electron chi connectivity index (χ3n) is 4.43. The maximum Gasteiger partial charge on any atom is 0.282 e. The molecule has 0 aliphatic rings. The first-order chi connectivity index (χ1) is 12.0. The van der Waals surface area contributed by atoms with Crippen LogP contribution in [0.4, 0.5) is 5.69 Å². The molecule has 134 valence electrons. The van der Waals surface area contributed by atoms with Crippen molar-refractivity contribution in [2.24, 2.45) is 0 Å². The molecule has 1 unspecified atom stereocenters. The zero-order chi connectivity index (χ0) is 18.2. The summed E-state index contributed by atoms with van der Waals surface area (Å²) in [5.74, 6) is 1.48. The molecule has 0 aliphatic heterocycles. The number of nitrogens with one attached hydrogen (secondary N) is 2. The van der Waals surface area contributed by atoms with Crippen molar-refractivity contribution < 1.29 is 19.2 Å². The number of hydrogen-bond donors (Lipinski definition) is 2. The van der Waals surface area contributed by atoms with Gasteiger partial charge in [-0.15, -0.1) is 0 Å². The summed E-state index contributed by atoms with van der Waals surface area (Å²) in [6.07, 6.45) is 0.856. The normalized spacial score (nSPS) is 13.0. The molecule has 0 heterocycles. The Balaban J connectivity index is 1.90. The van der Waals surface area contributed by atoms with Gasteiger partial charge in [0.05, 0.1) is 27.8 Å². The predicted molar refractivity (Wildman–Crippen MR) is 99.5 cm³/mol. The molecule has 25 heavy (non-hydrogen) atoms. The molecular formula is C20H27N2O3+. The van der Waals surface area contributed by atoms with Crippen molar-refractivity contribution in [3.8, 4) is 11.5 Å². The minimum Gasteiger partial charge on any atom is -0.493 e. The highest BCUT2D eigenvalue weighted by molar-refractivity contribution is 5.93. The van der Waals surface area contributed by atoms with Crippen molar-refractivity contribution in [1.29, 1.82) is 0 Å². The minimum absolute atomic E-state index is 0.0241. The first-order valence-electron chi connectivity index (χ1n) is 8.44. The smallest absolute Gasteiger partial charge is 0.282 e. The lowest BCUT2D eigenvalue weighted by molar-refractivity contribution is -0.893. The third-order valence-corrected chi connectivity index (χ3v) is 4.43. The third kappa shape index (κ3) is 5.22. The van der Waals surface area contributed by atoms with Crippen molar-refractivity contribution >= 4 is 11.6 Å². The number of rotatable bonds is 8. The Kier molecular flexibility index (Phi) is 6.83. The molecular weight excluding hydrogens is 316 g/mol. The van der Waals surface area contributed by atoms with Gasteiger partial charge >= 0.3 is 0 Å². The molecule has 0 saturated heterocycles. The van der Waals surface area contributed by atoms with Gasteiger partial charge in [-0.05, 0) is 36.8 Å². The molecule has 2 aromatic rings. The molecule has 5 heteroatoms. The summed E-state index contributed by atoms with van der Waals surface area (Å²) in [5, 5.41) is 2.96. The number of benzene rings is 2. The van der Waals surface area contributed by atoms with E-state index in [1.165, 1.54) is 0 Å². The van der Waals surface area contributed by atoms with Crippen LogP contribution < -0.4 is 19.7 Å². The zero-order valence-corrected chi connectivity index (χ0v) is 15.3. The summed E-state index contributed by atoms with van der Waals surface area (Å²) in [5.41, 5.74) is 1.99. The van der Waals surface area contributed by atoms with E-state index in [4.69, 9.17) is 9.47 Å². The highest BCUT2D eigenvalue weighted by Gasteiger charge is 2.21. The van der Waals surface area contributed by atoms with Crippen LogP contribution in [0.3, 0.4) is 0 Å². The zero-order valence-electron chi connectivity index (χ0n) is 15.3. The van der Waals surface area contributed by atoms with Crippen LogP contribution in [0.15, 0.2) is 48.5 Å². The number of carbonyl (C=O) groups excluding carboxylic acids is 1. The first kappa shape index (κ1) is 18.8. The summed E-state index contributed by atoms with van der Waals surface area (Å²) in [6, 6.07) is 15.3. The number of amides is 1. The molecule has 0 bridgehead atoms. The van der Waals surface area contributed by atoms with Crippen LogP contribution in [-0.4, -0.2) is 39.8 Å². The number of anilines is 1. The van der Waals surface area contributed by atoms with Gasteiger partial charge in [-0.1, -0.05) is 24.3 Å². The van der Waals surface area contributed by atoms with Gasteiger partial charge in [-0.3, -0.25) is 4.79 Å². The average Bonchev–Trinajstić information content (AvgIpc) is 2.65. The summed E-state index contributed by atoms with van der Waals surface area (Å²) in [4.78, 5) is 13.5. The number of methoxy groups -OCH3 is 2. The van der Waals surface area contributed by atoms with Crippen molar-refractivity contribution in [3.05, 3.63) is 54.1 Å². The van der Waals surface area contributed by atoms with Crippen LogP contribution in [0.2, 0.25) is 0 Å². The maximum atomic E-state index is 12.4. The van der Waals surface area contributed by atoms with Gasteiger partial charge in [0.1, 0.15) is 0 Å². The highest BCUT2D eigenvalue weighted by atomic mass is 16.5. The molecule has 0 aromatic heterocycles. The molecule has 0 saturated carbocycles. The number of likely N-dealkylation sites (N-methyl/N-ethyl adjacent to an activating group) is 1. The molecule has 0 radical (unpaired) electrons. The van der Waals surface area contributed by atoms with E-state index < -0.39 is 0 Å². The molecule has 2 atom stereocenters. The Morgan fingerprint density at radius 1 is 1.08 bits per heavy atom. The largest absolute Gasteiger partial charge is 0.493 e. The van der Waals surface area contributed by atoms with Crippen LogP contribution in [0.1, 0.15) is 12.5 Å². The van der Waals surface area contributed by atoms with Crippen LogP contribution in [0.25, 0.3) is 0 Å². The predicted octanol–water partition coefficient (Wildman–Crippen LogP) is 1.79. The molecule has 0 fully saturated rings. The summed E-state index contributed by atoms with van der Waals surface area (Å²) in [7, 11) is 5.30. The Hall–Kier alpha value is -2.53. The lowest BCUT2D eigenvalue weighted by atomic mass is 10.1. The molecule has 0 spiro atoms. The fraction of sp³-hybridized carbons (Fsp3) is 0.350. The lowest BCUT2D eigenvalue weighted by Gasteiger charge is -2.21. The Bertz CT molecular complexity index is 689. The van der Waals surface area contributed by atoms with Gasteiger partial charge in [0, 0.05) is 12.1 Å². The van der Waals surface area contributed by atoms with E-state index in [1.54, 1.807) is 14.2 Å². The topological polar surface area (TPSA) is 52.0 Å². The summed E-state index contributed by atoms with van der Waals surface area (Å²) < 4.78 is 10.6. The second kappa shape index (κ2) is 9.08. The van der Waals surface area contributed by atoms with Crippen LogP contribution >= 0.6 is 0 Å². The molecule has 0 aliphatic carbocycles. The number of para-hydroxylation sites is 1. The minimum atomic E-state index is -0.139. The summed E-state index contributed by atoms with van der Waals surface area (Å²) >= 11 is 0. The van der Waals surface area contributed by atoms with Crippen molar-refractivity contribution in [1.82, 2.24) is 0 Å². The van der Waals surface area contributed by atoms with E-state index in [9.17, 15) is 4.79 Å². The average molecular weight is 343 g/mol. The lowest BCUT2D eigenvalue weighted by Crippen LogP contribution is -3.14. The van der Waals surface area contributed by atoms with Gasteiger partial charge in [0.25, 0.3) is 5.91 Å². The second-order valence-corrected chi connectivity index (χ2v) is 6.11. The van der Waals surface area contributed by atoms with Crippen molar-refractivity contribution in [2.75, 3.05) is 33.1 Å². The Morgan fingerprint density at radius 2 is 1.76 bits per heavy atom. The molecule has 5 nitrogen and oxygen atoms in total. The highest BCUT2D eigenvalue weighted by Crippen LogP contribution is 2.27. The van der Waals surface area contributed by atoms with Gasteiger partial charge in [0.2, 0.25) is 0 Å². The second-order valence-electron chi connectivity index (χ2n) is 6.11. The molecule has 1 amide bonds. The fourth-order valence-corrected chi connectivity index (χ4v) is 2.59. The quantitative estimate of drug-likeness (QED) is 0.768. The van der Waals surface area contributed by atoms with E-state index in [0.29, 0.717) is 0 Å². The van der Waals surface area contributed by atoms with Gasteiger partial charge in [-0.25, -0.2) is 0 Å². The van der Waals surface area contributed by atoms with Gasteiger partial charge < -0.3 is 19.7 Å². The number of ether oxygens (including phenoxy) is 2. The van der Waals surface area contributed by atoms with Crippen LogP contribution in [0.5, 0.6) is 11.5 Å². The van der Waals surface area contributed by atoms with E-state index in [-0.39, 0.29) is 11.9 Å². The van der Waals surface area contributed by atoms with Gasteiger partial charge in [0.15, 0.2) is 17.5 Å².